The molecule has 1 aromatic rings. The van der Waals surface area contributed by atoms with Crippen LogP contribution in [0.2, 0.25) is 5.02 Å². The SMILES string of the molecule is Cl.NC(CF)C(=O)N1CCC2(CC1)CC(=O)N(Cc1ccc(Cl)cc1)C2. The van der Waals surface area contributed by atoms with Gasteiger partial charge >= 0.3 is 0 Å². The lowest BCUT2D eigenvalue weighted by atomic mass is 9.77. The Labute approximate surface area is 164 Å². The number of benzene rings is 1. The highest BCUT2D eigenvalue weighted by Crippen LogP contribution is 2.41. The van der Waals surface area contributed by atoms with Crippen molar-refractivity contribution in [3.8, 4) is 0 Å². The Bertz CT molecular complexity index is 648. The molecule has 0 aliphatic carbocycles. The maximum absolute atomic E-state index is 12.6. The summed E-state index contributed by atoms with van der Waals surface area (Å²) < 4.78 is 12.6. The maximum atomic E-state index is 12.6. The zero-order valence-electron chi connectivity index (χ0n) is 14.5. The first-order chi connectivity index (χ1) is 11.9. The summed E-state index contributed by atoms with van der Waals surface area (Å²) in [6.07, 6.45) is 2.01. The average molecular weight is 404 g/mol. The third kappa shape index (κ3) is 4.48. The standard InChI is InChI=1S/C18H23ClFN3O2.ClH/c19-14-3-1-13(2-4-14)11-23-12-18(9-16(23)24)5-7-22(8-6-18)17(25)15(21)10-20;/h1-4,15H,5-12,21H2;1H. The van der Waals surface area contributed by atoms with E-state index in [9.17, 15) is 14.0 Å². The van der Waals surface area contributed by atoms with Gasteiger partial charge in [-0.15, -0.1) is 12.4 Å². The Kier molecular flexibility index (Phi) is 6.88. The van der Waals surface area contributed by atoms with Gasteiger partial charge in [0, 0.05) is 43.0 Å². The maximum Gasteiger partial charge on any atom is 0.242 e. The summed E-state index contributed by atoms with van der Waals surface area (Å²) in [6.45, 7) is 1.51. The van der Waals surface area contributed by atoms with Crippen molar-refractivity contribution in [3.05, 3.63) is 34.9 Å². The highest BCUT2D eigenvalue weighted by molar-refractivity contribution is 6.30. The summed E-state index contributed by atoms with van der Waals surface area (Å²) in [5, 5.41) is 0.677. The van der Waals surface area contributed by atoms with Crippen molar-refractivity contribution < 1.29 is 14.0 Å². The van der Waals surface area contributed by atoms with Gasteiger partial charge in [-0.2, -0.15) is 0 Å². The Morgan fingerprint density at radius 2 is 1.88 bits per heavy atom. The molecule has 144 valence electrons. The largest absolute Gasteiger partial charge is 0.341 e. The van der Waals surface area contributed by atoms with Crippen LogP contribution in [0.5, 0.6) is 0 Å². The van der Waals surface area contributed by atoms with E-state index < -0.39 is 12.7 Å². The highest BCUT2D eigenvalue weighted by Gasteiger charge is 2.45. The van der Waals surface area contributed by atoms with E-state index in [2.05, 4.69) is 0 Å². The number of halogens is 3. The highest BCUT2D eigenvalue weighted by atomic mass is 35.5. The summed E-state index contributed by atoms with van der Waals surface area (Å²) >= 11 is 5.90. The molecule has 2 aliphatic rings. The van der Waals surface area contributed by atoms with E-state index >= 15 is 0 Å². The van der Waals surface area contributed by atoms with E-state index in [1.807, 2.05) is 29.2 Å². The first-order valence-corrected chi connectivity index (χ1v) is 8.93. The van der Waals surface area contributed by atoms with Crippen molar-refractivity contribution in [2.24, 2.45) is 11.1 Å². The molecule has 1 aromatic carbocycles. The second-order valence-electron chi connectivity index (χ2n) is 7.14. The van der Waals surface area contributed by atoms with E-state index in [1.54, 1.807) is 4.90 Å². The number of rotatable bonds is 4. The second-order valence-corrected chi connectivity index (χ2v) is 7.58. The molecule has 2 aliphatic heterocycles. The number of carbonyl (C=O) groups is 2. The van der Waals surface area contributed by atoms with Crippen LogP contribution in [-0.2, 0) is 16.1 Å². The molecule has 2 N–H and O–H groups in total. The lowest BCUT2D eigenvalue weighted by Gasteiger charge is -2.39. The smallest absolute Gasteiger partial charge is 0.242 e. The van der Waals surface area contributed by atoms with Gasteiger partial charge < -0.3 is 15.5 Å². The van der Waals surface area contributed by atoms with Crippen molar-refractivity contribution in [3.63, 3.8) is 0 Å². The molecule has 2 amide bonds. The molecular formula is C18H24Cl2FN3O2. The number of hydrogen-bond donors (Lipinski definition) is 1. The molecule has 2 heterocycles. The first-order valence-electron chi connectivity index (χ1n) is 8.55. The zero-order chi connectivity index (χ0) is 18.0. The summed E-state index contributed by atoms with van der Waals surface area (Å²) in [7, 11) is 0. The van der Waals surface area contributed by atoms with E-state index in [0.717, 1.165) is 18.4 Å². The minimum Gasteiger partial charge on any atom is -0.341 e. The van der Waals surface area contributed by atoms with Crippen LogP contribution in [0.15, 0.2) is 24.3 Å². The molecule has 0 radical (unpaired) electrons. The van der Waals surface area contributed by atoms with Gasteiger partial charge in [0.15, 0.2) is 0 Å². The number of likely N-dealkylation sites (tertiary alicyclic amines) is 2. The minimum absolute atomic E-state index is 0. The third-order valence-electron chi connectivity index (χ3n) is 5.31. The number of nitrogens with zero attached hydrogens (tertiary/aromatic N) is 2. The number of carbonyl (C=O) groups excluding carboxylic acids is 2. The second kappa shape index (κ2) is 8.55. The van der Waals surface area contributed by atoms with Gasteiger partial charge in [-0.1, -0.05) is 23.7 Å². The molecule has 2 saturated heterocycles. The van der Waals surface area contributed by atoms with Crippen molar-refractivity contribution in [2.75, 3.05) is 26.3 Å². The van der Waals surface area contributed by atoms with Crippen molar-refractivity contribution in [1.29, 1.82) is 0 Å². The molecule has 2 fully saturated rings. The molecule has 0 saturated carbocycles. The van der Waals surface area contributed by atoms with Crippen LogP contribution in [0.1, 0.15) is 24.8 Å². The zero-order valence-corrected chi connectivity index (χ0v) is 16.1. The third-order valence-corrected chi connectivity index (χ3v) is 5.56. The summed E-state index contributed by atoms with van der Waals surface area (Å²) in [5.41, 5.74) is 6.46. The average Bonchev–Trinajstić information content (AvgIpc) is 2.91. The normalized spacial score (nSPS) is 20.2. The predicted octanol–water partition coefficient (Wildman–Crippen LogP) is 2.40. The first kappa shape index (κ1) is 20.9. The van der Waals surface area contributed by atoms with Gasteiger partial charge in [0.25, 0.3) is 0 Å². The number of amides is 2. The van der Waals surface area contributed by atoms with Gasteiger partial charge in [0.05, 0.1) is 0 Å². The Morgan fingerprint density at radius 1 is 1.27 bits per heavy atom. The fraction of sp³-hybridized carbons (Fsp3) is 0.556. The van der Waals surface area contributed by atoms with Crippen molar-refractivity contribution >= 4 is 35.8 Å². The Morgan fingerprint density at radius 3 is 2.46 bits per heavy atom. The van der Waals surface area contributed by atoms with E-state index in [0.29, 0.717) is 37.6 Å². The lowest BCUT2D eigenvalue weighted by molar-refractivity contribution is -0.135. The predicted molar refractivity (Wildman–Crippen MR) is 101 cm³/mol. The van der Waals surface area contributed by atoms with Crippen LogP contribution in [0.3, 0.4) is 0 Å². The van der Waals surface area contributed by atoms with Crippen molar-refractivity contribution in [2.45, 2.75) is 31.8 Å². The van der Waals surface area contributed by atoms with Gasteiger partial charge in [-0.25, -0.2) is 4.39 Å². The Hall–Kier alpha value is -1.37. The van der Waals surface area contributed by atoms with E-state index in [-0.39, 0.29) is 29.6 Å². The lowest BCUT2D eigenvalue weighted by Crippen LogP contribution is -2.50. The quantitative estimate of drug-likeness (QED) is 0.838. The molecule has 1 unspecified atom stereocenters. The molecule has 8 heteroatoms. The molecule has 0 bridgehead atoms. The molecule has 5 nitrogen and oxygen atoms in total. The van der Waals surface area contributed by atoms with Gasteiger partial charge in [0.2, 0.25) is 11.8 Å². The number of nitrogens with two attached hydrogens (primary N) is 1. The summed E-state index contributed by atoms with van der Waals surface area (Å²) in [4.78, 5) is 28.0. The van der Waals surface area contributed by atoms with Crippen LogP contribution in [-0.4, -0.2) is 54.0 Å². The fourth-order valence-electron chi connectivity index (χ4n) is 3.77. The van der Waals surface area contributed by atoms with E-state index in [1.165, 1.54) is 0 Å². The number of alkyl halides is 1. The minimum atomic E-state index is -1.07. The molecule has 1 atom stereocenters. The van der Waals surface area contributed by atoms with Gasteiger partial charge in [-0.05, 0) is 30.5 Å². The molecular weight excluding hydrogens is 380 g/mol. The fourth-order valence-corrected chi connectivity index (χ4v) is 3.90. The van der Waals surface area contributed by atoms with Crippen LogP contribution in [0.4, 0.5) is 4.39 Å². The molecule has 3 rings (SSSR count). The van der Waals surface area contributed by atoms with Crippen molar-refractivity contribution in [1.82, 2.24) is 9.80 Å². The summed E-state index contributed by atoms with van der Waals surface area (Å²) in [5.74, 6) is -0.185. The van der Waals surface area contributed by atoms with Gasteiger partial charge in [-0.3, -0.25) is 9.59 Å². The monoisotopic (exact) mass is 403 g/mol. The van der Waals surface area contributed by atoms with Crippen LogP contribution in [0, 0.1) is 5.41 Å². The molecule has 26 heavy (non-hydrogen) atoms. The summed E-state index contributed by atoms with van der Waals surface area (Å²) in [6, 6.07) is 6.44. The topological polar surface area (TPSA) is 66.6 Å². The Balaban J connectivity index is 0.00000243. The van der Waals surface area contributed by atoms with Gasteiger partial charge in [0.1, 0.15) is 12.7 Å². The van der Waals surface area contributed by atoms with Crippen LogP contribution < -0.4 is 5.73 Å². The number of hydrogen-bond acceptors (Lipinski definition) is 3. The van der Waals surface area contributed by atoms with Crippen LogP contribution in [0.25, 0.3) is 0 Å². The molecule has 1 spiro atoms. The van der Waals surface area contributed by atoms with E-state index in [4.69, 9.17) is 17.3 Å². The molecule has 0 aromatic heterocycles. The van der Waals surface area contributed by atoms with Crippen LogP contribution >= 0.6 is 24.0 Å². The number of piperidine rings is 1.